The summed E-state index contributed by atoms with van der Waals surface area (Å²) in [6.45, 7) is 0. The van der Waals surface area contributed by atoms with Crippen LogP contribution in [0.1, 0.15) is 15.9 Å². The van der Waals surface area contributed by atoms with Gasteiger partial charge in [0.1, 0.15) is 0 Å². The highest BCUT2D eigenvalue weighted by atomic mass is 16.1. The number of ketones is 1. The van der Waals surface area contributed by atoms with Crippen LogP contribution in [0.25, 0.3) is 0 Å². The summed E-state index contributed by atoms with van der Waals surface area (Å²) in [5, 5.41) is 6.40. The summed E-state index contributed by atoms with van der Waals surface area (Å²) >= 11 is 0. The van der Waals surface area contributed by atoms with Crippen molar-refractivity contribution in [2.45, 2.75) is 0 Å². The van der Waals surface area contributed by atoms with Crippen molar-refractivity contribution in [3.63, 3.8) is 0 Å². The summed E-state index contributed by atoms with van der Waals surface area (Å²) in [7, 11) is 1.90. The molecule has 20 heavy (non-hydrogen) atoms. The van der Waals surface area contributed by atoms with E-state index in [1.54, 1.807) is 12.2 Å². The second kappa shape index (κ2) is 5.13. The van der Waals surface area contributed by atoms with Gasteiger partial charge in [-0.25, -0.2) is 0 Å². The number of para-hydroxylation sites is 1. The van der Waals surface area contributed by atoms with Gasteiger partial charge in [-0.1, -0.05) is 42.5 Å². The van der Waals surface area contributed by atoms with Crippen LogP contribution in [-0.2, 0) is 0 Å². The van der Waals surface area contributed by atoms with Gasteiger partial charge in [-0.2, -0.15) is 5.10 Å². The van der Waals surface area contributed by atoms with Gasteiger partial charge in [-0.15, -0.1) is 0 Å². The summed E-state index contributed by atoms with van der Waals surface area (Å²) in [4.78, 5) is 11.8. The number of fused-ring (bicyclic) bond motifs is 1. The van der Waals surface area contributed by atoms with Gasteiger partial charge in [0.2, 0.25) is 0 Å². The molecular weight excluding hydrogens is 248 g/mol. The van der Waals surface area contributed by atoms with Crippen molar-refractivity contribution in [3.8, 4) is 0 Å². The van der Waals surface area contributed by atoms with Crippen LogP contribution in [0.3, 0.4) is 0 Å². The third-order valence-electron chi connectivity index (χ3n) is 3.25. The monoisotopic (exact) mass is 262 g/mol. The molecule has 98 valence electrons. The SMILES string of the molecule is CN(/N=C1/C=CC(=O)c2ccccc21)c1ccccc1. The van der Waals surface area contributed by atoms with Crippen LogP contribution >= 0.6 is 0 Å². The fourth-order valence-corrected chi connectivity index (χ4v) is 2.21. The number of rotatable bonds is 2. The van der Waals surface area contributed by atoms with E-state index in [0.717, 1.165) is 17.0 Å². The maximum absolute atomic E-state index is 11.8. The molecule has 0 N–H and O–H groups in total. The largest absolute Gasteiger partial charge is 0.289 e. The molecule has 0 atom stereocenters. The first-order chi connectivity index (χ1) is 9.75. The lowest BCUT2D eigenvalue weighted by Crippen LogP contribution is -2.17. The van der Waals surface area contributed by atoms with E-state index in [4.69, 9.17) is 0 Å². The molecule has 0 aliphatic heterocycles. The van der Waals surface area contributed by atoms with Gasteiger partial charge in [-0.05, 0) is 24.3 Å². The molecule has 2 aromatic carbocycles. The van der Waals surface area contributed by atoms with Crippen LogP contribution < -0.4 is 5.01 Å². The first-order valence-electron chi connectivity index (χ1n) is 6.45. The summed E-state index contributed by atoms with van der Waals surface area (Å²) in [6, 6.07) is 17.5. The fourth-order valence-electron chi connectivity index (χ4n) is 2.21. The number of nitrogens with zero attached hydrogens (tertiary/aromatic N) is 2. The van der Waals surface area contributed by atoms with Crippen molar-refractivity contribution >= 4 is 17.2 Å². The Morgan fingerprint density at radius 3 is 2.25 bits per heavy atom. The molecule has 0 saturated heterocycles. The Balaban J connectivity index is 2.00. The minimum Gasteiger partial charge on any atom is -0.289 e. The second-order valence-corrected chi connectivity index (χ2v) is 4.59. The van der Waals surface area contributed by atoms with E-state index < -0.39 is 0 Å². The van der Waals surface area contributed by atoms with Crippen molar-refractivity contribution in [1.29, 1.82) is 0 Å². The molecule has 0 spiro atoms. The van der Waals surface area contributed by atoms with Crippen LogP contribution in [0, 0.1) is 0 Å². The van der Waals surface area contributed by atoms with Crippen molar-refractivity contribution in [2.75, 3.05) is 12.1 Å². The van der Waals surface area contributed by atoms with Gasteiger partial charge in [0.05, 0.1) is 11.4 Å². The van der Waals surface area contributed by atoms with Gasteiger partial charge in [0.15, 0.2) is 5.78 Å². The topological polar surface area (TPSA) is 32.7 Å². The zero-order valence-electron chi connectivity index (χ0n) is 11.2. The molecule has 0 unspecified atom stereocenters. The first kappa shape index (κ1) is 12.4. The van der Waals surface area contributed by atoms with Crippen molar-refractivity contribution < 1.29 is 4.79 Å². The number of hydrazone groups is 1. The molecule has 0 amide bonds. The highest BCUT2D eigenvalue weighted by Gasteiger charge is 2.17. The predicted molar refractivity (Wildman–Crippen MR) is 81.3 cm³/mol. The van der Waals surface area contributed by atoms with Crippen LogP contribution in [0.4, 0.5) is 5.69 Å². The Bertz CT molecular complexity index is 702. The van der Waals surface area contributed by atoms with Crippen molar-refractivity contribution in [3.05, 3.63) is 77.9 Å². The third kappa shape index (κ3) is 2.26. The molecule has 3 heteroatoms. The van der Waals surface area contributed by atoms with Gasteiger partial charge < -0.3 is 0 Å². The Morgan fingerprint density at radius 2 is 1.50 bits per heavy atom. The Hall–Kier alpha value is -2.68. The van der Waals surface area contributed by atoms with Crippen LogP contribution in [0.15, 0.2) is 71.9 Å². The normalized spacial score (nSPS) is 15.2. The maximum Gasteiger partial charge on any atom is 0.186 e. The van der Waals surface area contributed by atoms with Gasteiger partial charge in [0.25, 0.3) is 0 Å². The number of anilines is 1. The summed E-state index contributed by atoms with van der Waals surface area (Å²) in [5.41, 5.74) is 3.38. The zero-order chi connectivity index (χ0) is 13.9. The Kier molecular flexibility index (Phi) is 3.17. The number of carbonyl (C=O) groups excluding carboxylic acids is 1. The van der Waals surface area contributed by atoms with Gasteiger partial charge in [0, 0.05) is 18.2 Å². The molecule has 2 aromatic rings. The van der Waals surface area contributed by atoms with E-state index in [9.17, 15) is 4.79 Å². The van der Waals surface area contributed by atoms with E-state index in [1.165, 1.54) is 0 Å². The number of benzene rings is 2. The Labute approximate surface area is 117 Å². The van der Waals surface area contributed by atoms with E-state index in [1.807, 2.05) is 66.7 Å². The predicted octanol–water partition coefficient (Wildman–Crippen LogP) is 3.28. The highest BCUT2D eigenvalue weighted by Crippen LogP contribution is 2.19. The molecule has 3 rings (SSSR count). The molecule has 3 nitrogen and oxygen atoms in total. The van der Waals surface area contributed by atoms with E-state index in [-0.39, 0.29) is 5.78 Å². The Morgan fingerprint density at radius 1 is 0.850 bits per heavy atom. The van der Waals surface area contributed by atoms with Gasteiger partial charge in [-0.3, -0.25) is 9.80 Å². The quantitative estimate of drug-likeness (QED) is 0.778. The molecule has 1 aliphatic carbocycles. The number of hydrogen-bond donors (Lipinski definition) is 0. The van der Waals surface area contributed by atoms with Crippen LogP contribution in [0.5, 0.6) is 0 Å². The highest BCUT2D eigenvalue weighted by molar-refractivity contribution is 6.24. The second-order valence-electron chi connectivity index (χ2n) is 4.59. The van der Waals surface area contributed by atoms with Crippen molar-refractivity contribution in [1.82, 2.24) is 0 Å². The summed E-state index contributed by atoms with van der Waals surface area (Å²) in [5.74, 6) is 0.0296. The third-order valence-corrected chi connectivity index (χ3v) is 3.25. The van der Waals surface area contributed by atoms with E-state index >= 15 is 0 Å². The smallest absolute Gasteiger partial charge is 0.186 e. The molecule has 0 fully saturated rings. The fraction of sp³-hybridized carbons (Fsp3) is 0.0588. The standard InChI is InChI=1S/C17H14N2O/c1-19(13-7-3-2-4-8-13)18-16-11-12-17(20)15-10-6-5-9-14(15)16/h2-12H,1H3/b18-16-. The molecule has 0 heterocycles. The maximum atomic E-state index is 11.8. The summed E-state index contributed by atoms with van der Waals surface area (Å²) < 4.78 is 0. The van der Waals surface area contributed by atoms with Gasteiger partial charge >= 0.3 is 0 Å². The lowest BCUT2D eigenvalue weighted by Gasteiger charge is -2.17. The van der Waals surface area contributed by atoms with E-state index in [2.05, 4.69) is 5.10 Å². The van der Waals surface area contributed by atoms with Crippen molar-refractivity contribution in [2.24, 2.45) is 5.10 Å². The molecule has 1 aliphatic rings. The lowest BCUT2D eigenvalue weighted by atomic mass is 9.94. The van der Waals surface area contributed by atoms with Crippen LogP contribution in [-0.4, -0.2) is 18.5 Å². The first-order valence-corrected chi connectivity index (χ1v) is 6.45. The average Bonchev–Trinajstić information content (AvgIpc) is 2.51. The molecular formula is C17H14N2O. The lowest BCUT2D eigenvalue weighted by molar-refractivity contribution is 0.104. The number of carbonyl (C=O) groups is 1. The molecule has 0 bridgehead atoms. The zero-order valence-corrected chi connectivity index (χ0v) is 11.2. The minimum atomic E-state index is 0.0296. The van der Waals surface area contributed by atoms with Crippen LogP contribution in [0.2, 0.25) is 0 Å². The molecule has 0 radical (unpaired) electrons. The number of allylic oxidation sites excluding steroid dienone is 2. The summed E-state index contributed by atoms with van der Waals surface area (Å²) in [6.07, 6.45) is 3.34. The average molecular weight is 262 g/mol. The number of hydrogen-bond acceptors (Lipinski definition) is 3. The minimum absolute atomic E-state index is 0.0296. The van der Waals surface area contributed by atoms with E-state index in [0.29, 0.717) is 5.56 Å². The molecule has 0 aromatic heterocycles. The molecule has 0 saturated carbocycles.